The minimum atomic E-state index is -0.118. The largest absolute Gasteiger partial charge is 0.456 e. The minimum Gasteiger partial charge on any atom is -0.456 e. The van der Waals surface area contributed by atoms with Gasteiger partial charge in [-0.1, -0.05) is 6.92 Å². The Hall–Kier alpha value is -2.15. The van der Waals surface area contributed by atoms with E-state index in [-0.39, 0.29) is 17.9 Å². The van der Waals surface area contributed by atoms with E-state index in [9.17, 15) is 4.79 Å². The highest BCUT2D eigenvalue weighted by atomic mass is 16.5. The Morgan fingerprint density at radius 3 is 2.88 bits per heavy atom. The smallest absolute Gasteiger partial charge is 0.289 e. The van der Waals surface area contributed by atoms with Crippen LogP contribution in [0, 0.1) is 13.8 Å². The first-order valence-corrected chi connectivity index (χ1v) is 8.34. The van der Waals surface area contributed by atoms with Crippen molar-refractivity contribution in [2.24, 2.45) is 0 Å². The number of ether oxygens (including phenoxy) is 1. The molecule has 130 valence electrons. The highest BCUT2D eigenvalue weighted by molar-refractivity contribution is 5.92. The lowest BCUT2D eigenvalue weighted by Crippen LogP contribution is -2.36. The van der Waals surface area contributed by atoms with Crippen LogP contribution in [0.25, 0.3) is 0 Å². The first kappa shape index (κ1) is 16.7. The van der Waals surface area contributed by atoms with Crippen molar-refractivity contribution in [2.75, 3.05) is 20.2 Å². The first-order chi connectivity index (χ1) is 11.5. The number of likely N-dealkylation sites (N-methyl/N-ethyl adjacent to an activating group) is 1. The number of rotatable bonds is 5. The van der Waals surface area contributed by atoms with Crippen molar-refractivity contribution in [3.8, 4) is 0 Å². The summed E-state index contributed by atoms with van der Waals surface area (Å²) in [6.07, 6.45) is 1.54. The number of hydrogen-bond donors (Lipinski definition) is 1. The Bertz CT molecular complexity index is 721. The Kier molecular flexibility index (Phi) is 4.71. The molecule has 0 bridgehead atoms. The maximum absolute atomic E-state index is 12.7. The summed E-state index contributed by atoms with van der Waals surface area (Å²) in [5.74, 6) is 2.78. The van der Waals surface area contributed by atoms with Crippen molar-refractivity contribution in [3.63, 3.8) is 0 Å². The third-order valence-corrected chi connectivity index (χ3v) is 4.47. The van der Waals surface area contributed by atoms with Crippen molar-refractivity contribution in [1.29, 1.82) is 0 Å². The van der Waals surface area contributed by atoms with E-state index in [1.165, 1.54) is 0 Å². The van der Waals surface area contributed by atoms with E-state index in [2.05, 4.69) is 15.2 Å². The van der Waals surface area contributed by atoms with Gasteiger partial charge in [0.2, 0.25) is 0 Å². The summed E-state index contributed by atoms with van der Waals surface area (Å²) in [5, 5.41) is 7.12. The highest BCUT2D eigenvalue weighted by Gasteiger charge is 2.34. The summed E-state index contributed by atoms with van der Waals surface area (Å²) in [5.41, 5.74) is 0.872. The van der Waals surface area contributed by atoms with Gasteiger partial charge in [0.15, 0.2) is 11.6 Å². The van der Waals surface area contributed by atoms with Crippen molar-refractivity contribution < 1.29 is 13.9 Å². The summed E-state index contributed by atoms with van der Waals surface area (Å²) < 4.78 is 11.5. The number of amides is 1. The number of aromatic amines is 1. The van der Waals surface area contributed by atoms with Gasteiger partial charge in [0.25, 0.3) is 5.91 Å². The molecule has 7 nitrogen and oxygen atoms in total. The number of furan rings is 1. The summed E-state index contributed by atoms with van der Waals surface area (Å²) in [6, 6.07) is 1.92. The second kappa shape index (κ2) is 6.76. The second-order valence-corrected chi connectivity index (χ2v) is 6.35. The van der Waals surface area contributed by atoms with Crippen LogP contribution in [-0.2, 0) is 11.2 Å². The van der Waals surface area contributed by atoms with E-state index in [4.69, 9.17) is 9.15 Å². The van der Waals surface area contributed by atoms with E-state index in [1.54, 1.807) is 11.9 Å². The third kappa shape index (κ3) is 3.21. The topological polar surface area (TPSA) is 84.3 Å². The quantitative estimate of drug-likeness (QED) is 0.907. The molecule has 1 aliphatic rings. The van der Waals surface area contributed by atoms with Gasteiger partial charge in [-0.2, -0.15) is 5.10 Å². The van der Waals surface area contributed by atoms with Gasteiger partial charge in [-0.05, 0) is 26.3 Å². The van der Waals surface area contributed by atoms with Gasteiger partial charge in [-0.25, -0.2) is 4.98 Å². The third-order valence-electron chi connectivity index (χ3n) is 4.47. The lowest BCUT2D eigenvalue weighted by molar-refractivity contribution is 0.0527. The molecular formula is C17H24N4O3. The highest BCUT2D eigenvalue weighted by Crippen LogP contribution is 2.30. The molecule has 1 saturated heterocycles. The summed E-state index contributed by atoms with van der Waals surface area (Å²) in [7, 11) is 1.78. The van der Waals surface area contributed by atoms with Crippen LogP contribution in [0.5, 0.6) is 0 Å². The fourth-order valence-corrected chi connectivity index (χ4v) is 3.11. The maximum Gasteiger partial charge on any atom is 0.289 e. The molecule has 0 aliphatic carbocycles. The summed E-state index contributed by atoms with van der Waals surface area (Å²) >= 11 is 0. The number of aromatic nitrogens is 3. The van der Waals surface area contributed by atoms with E-state index in [0.717, 1.165) is 35.8 Å². The molecule has 0 unspecified atom stereocenters. The molecule has 0 aromatic carbocycles. The van der Waals surface area contributed by atoms with Crippen LogP contribution in [0.2, 0.25) is 0 Å². The first-order valence-electron chi connectivity index (χ1n) is 8.34. The lowest BCUT2D eigenvalue weighted by atomic mass is 10.0. The molecule has 24 heavy (non-hydrogen) atoms. The molecular weight excluding hydrogens is 308 g/mol. The predicted octanol–water partition coefficient (Wildman–Crippen LogP) is 2.22. The monoisotopic (exact) mass is 332 g/mol. The number of aryl methyl sites for hydroxylation is 3. The Labute approximate surface area is 141 Å². The Morgan fingerprint density at radius 2 is 2.25 bits per heavy atom. The number of hydrogen-bond acceptors (Lipinski definition) is 5. The fraction of sp³-hybridized carbons (Fsp3) is 0.588. The minimum absolute atomic E-state index is 0.102. The van der Waals surface area contributed by atoms with Crippen LogP contribution in [0.1, 0.15) is 52.8 Å². The molecule has 0 spiro atoms. The van der Waals surface area contributed by atoms with Crippen molar-refractivity contribution in [2.45, 2.75) is 45.6 Å². The second-order valence-electron chi connectivity index (χ2n) is 6.35. The van der Waals surface area contributed by atoms with Crippen LogP contribution >= 0.6 is 0 Å². The van der Waals surface area contributed by atoms with Crippen molar-refractivity contribution in [1.82, 2.24) is 20.1 Å². The maximum atomic E-state index is 12.7. The average molecular weight is 332 g/mol. The van der Waals surface area contributed by atoms with Gasteiger partial charge < -0.3 is 14.1 Å². The van der Waals surface area contributed by atoms with Crippen LogP contribution in [-0.4, -0.2) is 52.3 Å². The van der Waals surface area contributed by atoms with Crippen LogP contribution in [0.3, 0.4) is 0 Å². The molecule has 2 atom stereocenters. The van der Waals surface area contributed by atoms with E-state index in [1.807, 2.05) is 26.8 Å². The van der Waals surface area contributed by atoms with E-state index >= 15 is 0 Å². The average Bonchev–Trinajstić information content (AvgIpc) is 3.26. The van der Waals surface area contributed by atoms with Crippen molar-refractivity contribution >= 4 is 5.91 Å². The predicted molar refractivity (Wildman–Crippen MR) is 88.0 cm³/mol. The number of carbonyl (C=O) groups excluding carboxylic acids is 1. The van der Waals surface area contributed by atoms with E-state index < -0.39 is 0 Å². The Morgan fingerprint density at radius 1 is 1.46 bits per heavy atom. The standard InChI is InChI=1S/C17H24N4O3/c1-5-12-8-10(2)15(24-12)17(22)21(4)9-14-13(6-7-23-14)16-18-11(3)19-20-16/h8,13-14H,5-7,9H2,1-4H3,(H,18,19,20)/t13-,14-/m1/s1. The zero-order valence-corrected chi connectivity index (χ0v) is 14.6. The van der Waals surface area contributed by atoms with Crippen LogP contribution in [0.15, 0.2) is 10.5 Å². The summed E-state index contributed by atoms with van der Waals surface area (Å²) in [6.45, 7) is 6.92. The van der Waals surface area contributed by atoms with Crippen LogP contribution in [0.4, 0.5) is 0 Å². The number of H-pyrrole nitrogens is 1. The number of nitrogens with zero attached hydrogens (tertiary/aromatic N) is 3. The molecule has 2 aromatic rings. The zero-order valence-electron chi connectivity index (χ0n) is 14.6. The van der Waals surface area contributed by atoms with Crippen LogP contribution < -0.4 is 0 Å². The normalized spacial score (nSPS) is 20.5. The Balaban J connectivity index is 1.70. The van der Waals surface area contributed by atoms with Gasteiger partial charge in [0, 0.05) is 32.2 Å². The zero-order chi connectivity index (χ0) is 17.3. The molecule has 1 amide bonds. The van der Waals surface area contributed by atoms with Gasteiger partial charge in [-0.3, -0.25) is 9.89 Å². The molecule has 0 saturated carbocycles. The number of nitrogens with one attached hydrogen (secondary N) is 1. The number of carbonyl (C=O) groups is 1. The molecule has 3 heterocycles. The fourth-order valence-electron chi connectivity index (χ4n) is 3.11. The van der Waals surface area contributed by atoms with Gasteiger partial charge >= 0.3 is 0 Å². The molecule has 3 rings (SSSR count). The van der Waals surface area contributed by atoms with Gasteiger partial charge in [0.1, 0.15) is 11.6 Å². The van der Waals surface area contributed by atoms with Gasteiger partial charge in [0.05, 0.1) is 12.0 Å². The van der Waals surface area contributed by atoms with Crippen molar-refractivity contribution in [3.05, 3.63) is 34.8 Å². The molecule has 1 N–H and O–H groups in total. The summed E-state index contributed by atoms with van der Waals surface area (Å²) in [4.78, 5) is 18.7. The molecule has 0 radical (unpaired) electrons. The molecule has 2 aromatic heterocycles. The lowest BCUT2D eigenvalue weighted by Gasteiger charge is -2.23. The van der Waals surface area contributed by atoms with E-state index in [0.29, 0.717) is 18.9 Å². The molecule has 7 heteroatoms. The SMILES string of the molecule is CCc1cc(C)c(C(=O)N(C)C[C@H]2OCC[C@H]2c2n[nH]c(C)n2)o1. The molecule has 1 aliphatic heterocycles. The molecule has 1 fully saturated rings. The van der Waals surface area contributed by atoms with Gasteiger partial charge in [-0.15, -0.1) is 0 Å².